The minimum Gasteiger partial charge on any atom is -0.493 e. The van der Waals surface area contributed by atoms with Crippen LogP contribution in [0.3, 0.4) is 0 Å². The summed E-state index contributed by atoms with van der Waals surface area (Å²) in [6, 6.07) is 3.29. The molecule has 3 heteroatoms. The number of benzene rings is 1. The van der Waals surface area contributed by atoms with Crippen molar-refractivity contribution in [2.75, 3.05) is 7.11 Å². The molecule has 0 radical (unpaired) electrons. The Morgan fingerprint density at radius 1 is 1.38 bits per heavy atom. The maximum Gasteiger partial charge on any atom is 0.166 e. The third-order valence-electron chi connectivity index (χ3n) is 1.86. The normalized spacial score (nSPS) is 10.6. The molecule has 13 heavy (non-hydrogen) atoms. The molecule has 0 spiro atoms. The van der Waals surface area contributed by atoms with E-state index in [0.717, 1.165) is 10.0 Å². The molecule has 1 nitrogen and oxygen atoms in total. The first-order valence-corrected chi connectivity index (χ1v) is 4.88. The van der Waals surface area contributed by atoms with Crippen LogP contribution in [0.4, 0.5) is 4.39 Å². The molecule has 0 aliphatic carbocycles. The minimum absolute atomic E-state index is 0.252. The maximum atomic E-state index is 13.3. The maximum absolute atomic E-state index is 13.3. The highest BCUT2D eigenvalue weighted by molar-refractivity contribution is 9.10. The third kappa shape index (κ3) is 2.21. The van der Waals surface area contributed by atoms with Crippen LogP contribution in [-0.4, -0.2) is 7.11 Å². The monoisotopic (exact) mass is 246 g/mol. The summed E-state index contributed by atoms with van der Waals surface area (Å²) in [4.78, 5) is 0. The Morgan fingerprint density at radius 3 is 2.46 bits per heavy atom. The molecule has 0 atom stereocenters. The van der Waals surface area contributed by atoms with E-state index in [1.165, 1.54) is 13.2 Å². The van der Waals surface area contributed by atoms with Crippen molar-refractivity contribution in [2.24, 2.45) is 0 Å². The molecule has 0 heterocycles. The van der Waals surface area contributed by atoms with Crippen molar-refractivity contribution >= 4 is 15.9 Å². The number of halogens is 2. The first kappa shape index (κ1) is 10.5. The molecular formula is C10H12BrFO. The quantitative estimate of drug-likeness (QED) is 0.773. The average molecular weight is 247 g/mol. The van der Waals surface area contributed by atoms with Gasteiger partial charge >= 0.3 is 0 Å². The van der Waals surface area contributed by atoms with Crippen LogP contribution in [0.2, 0.25) is 0 Å². The zero-order valence-electron chi connectivity index (χ0n) is 7.90. The van der Waals surface area contributed by atoms with Crippen LogP contribution in [0.1, 0.15) is 25.3 Å². The molecule has 0 aliphatic rings. The molecule has 0 N–H and O–H groups in total. The molecule has 1 aromatic rings. The van der Waals surface area contributed by atoms with Gasteiger partial charge in [0.05, 0.1) is 7.11 Å². The van der Waals surface area contributed by atoms with Crippen LogP contribution in [0.25, 0.3) is 0 Å². The fraction of sp³-hybridized carbons (Fsp3) is 0.400. The highest BCUT2D eigenvalue weighted by Crippen LogP contribution is 2.32. The van der Waals surface area contributed by atoms with Gasteiger partial charge in [0, 0.05) is 10.0 Å². The van der Waals surface area contributed by atoms with Gasteiger partial charge in [-0.15, -0.1) is 0 Å². The summed E-state index contributed by atoms with van der Waals surface area (Å²) in [5, 5.41) is 0. The van der Waals surface area contributed by atoms with Gasteiger partial charge in [-0.3, -0.25) is 0 Å². The van der Waals surface area contributed by atoms with Crippen molar-refractivity contribution in [1.29, 1.82) is 0 Å². The lowest BCUT2D eigenvalue weighted by molar-refractivity contribution is 0.379. The molecule has 72 valence electrons. The van der Waals surface area contributed by atoms with Gasteiger partial charge in [-0.05, 0) is 18.1 Å². The summed E-state index contributed by atoms with van der Waals surface area (Å²) in [5.41, 5.74) is 0.884. The standard InChI is InChI=1S/C10H12BrFO/c1-6(2)8-4-7(11)5-9(12)10(8)13-3/h4-6H,1-3H3. The molecule has 0 aromatic heterocycles. The van der Waals surface area contributed by atoms with Crippen molar-refractivity contribution in [3.05, 3.63) is 28.0 Å². The summed E-state index contributed by atoms with van der Waals surface area (Å²) in [5.74, 6) is 0.278. The fourth-order valence-electron chi connectivity index (χ4n) is 1.22. The summed E-state index contributed by atoms with van der Waals surface area (Å²) in [6.45, 7) is 4.01. The van der Waals surface area contributed by atoms with E-state index in [1.807, 2.05) is 19.9 Å². The van der Waals surface area contributed by atoms with Crippen LogP contribution >= 0.6 is 15.9 Å². The SMILES string of the molecule is COc1c(F)cc(Br)cc1C(C)C. The van der Waals surface area contributed by atoms with E-state index in [-0.39, 0.29) is 11.7 Å². The second-order valence-corrected chi connectivity index (χ2v) is 4.08. The first-order chi connectivity index (χ1) is 6.06. The predicted octanol–water partition coefficient (Wildman–Crippen LogP) is 3.72. The third-order valence-corrected chi connectivity index (χ3v) is 2.32. The minimum atomic E-state index is -0.319. The fourth-order valence-corrected chi connectivity index (χ4v) is 1.67. The molecular weight excluding hydrogens is 235 g/mol. The van der Waals surface area contributed by atoms with Gasteiger partial charge in [0.25, 0.3) is 0 Å². The lowest BCUT2D eigenvalue weighted by atomic mass is 10.0. The second-order valence-electron chi connectivity index (χ2n) is 3.16. The molecule has 0 fully saturated rings. The molecule has 0 bridgehead atoms. The Kier molecular flexibility index (Phi) is 3.31. The Balaban J connectivity index is 3.29. The van der Waals surface area contributed by atoms with Crippen molar-refractivity contribution in [1.82, 2.24) is 0 Å². The van der Waals surface area contributed by atoms with Gasteiger partial charge in [0.1, 0.15) is 0 Å². The Hall–Kier alpha value is -0.570. The topological polar surface area (TPSA) is 9.23 Å². The summed E-state index contributed by atoms with van der Waals surface area (Å²) < 4.78 is 19.1. The van der Waals surface area contributed by atoms with Crippen molar-refractivity contribution in [2.45, 2.75) is 19.8 Å². The van der Waals surface area contributed by atoms with Gasteiger partial charge in [-0.25, -0.2) is 4.39 Å². The van der Waals surface area contributed by atoms with E-state index in [4.69, 9.17) is 4.74 Å². The Labute approximate surface area is 86.0 Å². The molecule has 0 saturated heterocycles. The van der Waals surface area contributed by atoms with E-state index in [9.17, 15) is 4.39 Å². The second kappa shape index (κ2) is 4.09. The highest BCUT2D eigenvalue weighted by Gasteiger charge is 2.13. The van der Waals surface area contributed by atoms with Crippen molar-refractivity contribution in [3.8, 4) is 5.75 Å². The smallest absolute Gasteiger partial charge is 0.166 e. The van der Waals surface area contributed by atoms with Crippen LogP contribution < -0.4 is 4.74 Å². The van der Waals surface area contributed by atoms with Gasteiger partial charge < -0.3 is 4.74 Å². The van der Waals surface area contributed by atoms with E-state index >= 15 is 0 Å². The largest absolute Gasteiger partial charge is 0.493 e. The summed E-state index contributed by atoms with van der Waals surface area (Å²) in [6.07, 6.45) is 0. The van der Waals surface area contributed by atoms with Crippen LogP contribution in [0.5, 0.6) is 5.75 Å². The summed E-state index contributed by atoms with van der Waals surface area (Å²) >= 11 is 3.25. The number of methoxy groups -OCH3 is 1. The predicted molar refractivity (Wildman–Crippen MR) is 54.7 cm³/mol. The highest BCUT2D eigenvalue weighted by atomic mass is 79.9. The van der Waals surface area contributed by atoms with Crippen LogP contribution in [0, 0.1) is 5.82 Å². The van der Waals surface area contributed by atoms with Crippen LogP contribution in [-0.2, 0) is 0 Å². The van der Waals surface area contributed by atoms with E-state index in [1.54, 1.807) is 0 Å². The zero-order valence-corrected chi connectivity index (χ0v) is 9.48. The average Bonchev–Trinajstić information content (AvgIpc) is 2.02. The number of hydrogen-bond acceptors (Lipinski definition) is 1. The number of ether oxygens (including phenoxy) is 1. The van der Waals surface area contributed by atoms with E-state index in [2.05, 4.69) is 15.9 Å². The van der Waals surface area contributed by atoms with Gasteiger partial charge in [0.15, 0.2) is 11.6 Å². The van der Waals surface area contributed by atoms with Gasteiger partial charge in [0.2, 0.25) is 0 Å². The Morgan fingerprint density at radius 2 is 2.00 bits per heavy atom. The number of rotatable bonds is 2. The molecule has 0 unspecified atom stereocenters. The zero-order chi connectivity index (χ0) is 10.0. The lowest BCUT2D eigenvalue weighted by Gasteiger charge is -2.12. The molecule has 1 aromatic carbocycles. The number of hydrogen-bond donors (Lipinski definition) is 0. The summed E-state index contributed by atoms with van der Waals surface area (Å²) in [7, 11) is 1.48. The van der Waals surface area contributed by atoms with E-state index in [0.29, 0.717) is 5.75 Å². The first-order valence-electron chi connectivity index (χ1n) is 4.09. The Bertz CT molecular complexity index is 310. The van der Waals surface area contributed by atoms with Crippen molar-refractivity contribution in [3.63, 3.8) is 0 Å². The van der Waals surface area contributed by atoms with Crippen LogP contribution in [0.15, 0.2) is 16.6 Å². The lowest BCUT2D eigenvalue weighted by Crippen LogP contribution is -1.97. The molecule has 0 saturated carbocycles. The molecule has 1 rings (SSSR count). The molecule has 0 amide bonds. The van der Waals surface area contributed by atoms with Gasteiger partial charge in [-0.2, -0.15) is 0 Å². The van der Waals surface area contributed by atoms with E-state index < -0.39 is 0 Å². The van der Waals surface area contributed by atoms with Crippen molar-refractivity contribution < 1.29 is 9.13 Å². The van der Waals surface area contributed by atoms with Gasteiger partial charge in [-0.1, -0.05) is 29.8 Å². The molecule has 0 aliphatic heterocycles.